The molecule has 0 saturated heterocycles. The summed E-state index contributed by atoms with van der Waals surface area (Å²) >= 11 is 0. The van der Waals surface area contributed by atoms with E-state index in [1.807, 2.05) is 0 Å². The van der Waals surface area contributed by atoms with Crippen molar-refractivity contribution in [1.29, 1.82) is 0 Å². The van der Waals surface area contributed by atoms with Crippen LogP contribution in [0, 0.1) is 0 Å². The van der Waals surface area contributed by atoms with E-state index in [1.54, 1.807) is 0 Å². The van der Waals surface area contributed by atoms with Crippen LogP contribution in [-0.2, 0) is 0 Å². The highest BCUT2D eigenvalue weighted by molar-refractivity contribution is 5.16. The molecule has 0 aromatic rings. The van der Waals surface area contributed by atoms with Gasteiger partial charge in [0.15, 0.2) is 0 Å². The lowest BCUT2D eigenvalue weighted by atomic mass is 9.85. The van der Waals surface area contributed by atoms with Crippen LogP contribution in [0.3, 0.4) is 0 Å². The minimum atomic E-state index is -8.45. The summed E-state index contributed by atoms with van der Waals surface area (Å²) in [6.45, 7) is -1.43. The predicted molar refractivity (Wildman–Crippen MR) is 58.1 cm³/mol. The molecule has 0 aliphatic carbocycles. The number of rotatable bonds is 8. The standard InChI is InChI=1S/C11H9F15O2/c12-5(13,2-1-4(28)3-27)7(15,16)9(19,20)8(17,18)6(14,10(21,22)23)11(24,25)26/h4,27-28H,1-3H2. The predicted octanol–water partition coefficient (Wildman–Crippen LogP) is 4.49. The number of hydrogen-bond donors (Lipinski definition) is 2. The molecule has 2 N–H and O–H groups in total. The first-order valence-electron chi connectivity index (χ1n) is 6.58. The molecular formula is C11H9F15O2. The van der Waals surface area contributed by atoms with Gasteiger partial charge in [-0.05, 0) is 6.42 Å². The molecule has 0 aliphatic rings. The third kappa shape index (κ3) is 3.82. The summed E-state index contributed by atoms with van der Waals surface area (Å²) in [5.41, 5.74) is -8.32. The van der Waals surface area contributed by atoms with Crippen molar-refractivity contribution in [2.24, 2.45) is 0 Å². The zero-order valence-electron chi connectivity index (χ0n) is 12.8. The smallest absolute Gasteiger partial charge is 0.394 e. The van der Waals surface area contributed by atoms with Crippen molar-refractivity contribution in [3.8, 4) is 0 Å². The van der Waals surface area contributed by atoms with Gasteiger partial charge in [0, 0.05) is 6.42 Å². The molecular weight excluding hydrogens is 449 g/mol. The van der Waals surface area contributed by atoms with E-state index in [0.29, 0.717) is 0 Å². The van der Waals surface area contributed by atoms with Gasteiger partial charge in [-0.2, -0.15) is 61.5 Å². The average molecular weight is 458 g/mol. The Kier molecular flexibility index (Phi) is 6.99. The Balaban J connectivity index is 6.44. The third-order valence-electron chi connectivity index (χ3n) is 3.46. The SMILES string of the molecule is OCC(O)CCC(F)(F)C(F)(F)C(F)(F)C(F)(F)C(F)(C(F)(F)F)C(F)(F)F. The monoisotopic (exact) mass is 458 g/mol. The van der Waals surface area contributed by atoms with Gasteiger partial charge in [-0.25, -0.2) is 4.39 Å². The Morgan fingerprint density at radius 3 is 1.21 bits per heavy atom. The van der Waals surface area contributed by atoms with Crippen molar-refractivity contribution in [1.82, 2.24) is 0 Å². The van der Waals surface area contributed by atoms with Crippen molar-refractivity contribution >= 4 is 0 Å². The van der Waals surface area contributed by atoms with Crippen molar-refractivity contribution in [2.45, 2.75) is 60.7 Å². The van der Waals surface area contributed by atoms with E-state index >= 15 is 0 Å². The number of hydrogen-bond acceptors (Lipinski definition) is 2. The van der Waals surface area contributed by atoms with Gasteiger partial charge in [-0.1, -0.05) is 0 Å². The lowest BCUT2D eigenvalue weighted by Gasteiger charge is -2.43. The Bertz CT molecular complexity index is 521. The maximum atomic E-state index is 13.3. The van der Waals surface area contributed by atoms with Gasteiger partial charge < -0.3 is 10.2 Å². The van der Waals surface area contributed by atoms with Gasteiger partial charge >= 0.3 is 41.7 Å². The van der Waals surface area contributed by atoms with E-state index in [1.165, 1.54) is 0 Å². The molecule has 1 atom stereocenters. The minimum Gasteiger partial charge on any atom is -0.394 e. The molecule has 0 heterocycles. The van der Waals surface area contributed by atoms with E-state index in [2.05, 4.69) is 0 Å². The third-order valence-corrected chi connectivity index (χ3v) is 3.46. The first-order chi connectivity index (χ1) is 12.0. The Morgan fingerprint density at radius 2 is 0.929 bits per heavy atom. The summed E-state index contributed by atoms with van der Waals surface area (Å²) in [6, 6.07) is 0. The zero-order valence-corrected chi connectivity index (χ0v) is 12.8. The highest BCUT2D eigenvalue weighted by Crippen LogP contribution is 2.64. The lowest BCUT2D eigenvalue weighted by molar-refractivity contribution is -0.457. The number of aliphatic hydroxyl groups is 2. The minimum absolute atomic E-state index is 1.43. The molecule has 0 saturated carbocycles. The fourth-order valence-corrected chi connectivity index (χ4v) is 1.76. The Labute approximate surface area is 144 Å². The summed E-state index contributed by atoms with van der Waals surface area (Å²) < 4.78 is 193. The normalized spacial score (nSPS) is 17.0. The van der Waals surface area contributed by atoms with E-state index in [-0.39, 0.29) is 0 Å². The van der Waals surface area contributed by atoms with Crippen LogP contribution in [0.25, 0.3) is 0 Å². The van der Waals surface area contributed by atoms with Crippen molar-refractivity contribution in [2.75, 3.05) is 6.61 Å². The molecule has 0 radical (unpaired) electrons. The summed E-state index contributed by atoms with van der Waals surface area (Å²) in [6.07, 6.45) is -22.6. The summed E-state index contributed by atoms with van der Waals surface area (Å²) in [5, 5.41) is 16.9. The van der Waals surface area contributed by atoms with E-state index in [4.69, 9.17) is 10.2 Å². The molecule has 0 amide bonds. The lowest BCUT2D eigenvalue weighted by Crippen LogP contribution is -2.75. The summed E-state index contributed by atoms with van der Waals surface area (Å²) in [5.74, 6) is -30.8. The quantitative estimate of drug-likeness (QED) is 0.527. The molecule has 0 rings (SSSR count). The van der Waals surface area contributed by atoms with Gasteiger partial charge in [0.25, 0.3) is 0 Å². The fourth-order valence-electron chi connectivity index (χ4n) is 1.76. The highest BCUT2D eigenvalue weighted by Gasteiger charge is 2.95. The molecule has 1 unspecified atom stereocenters. The fraction of sp³-hybridized carbons (Fsp3) is 1.00. The maximum absolute atomic E-state index is 13.3. The molecule has 2 nitrogen and oxygen atoms in total. The van der Waals surface area contributed by atoms with Gasteiger partial charge in [0.2, 0.25) is 0 Å². The second kappa shape index (κ2) is 7.28. The van der Waals surface area contributed by atoms with Gasteiger partial charge in [-0.3, -0.25) is 0 Å². The average Bonchev–Trinajstić information content (AvgIpc) is 2.48. The van der Waals surface area contributed by atoms with Crippen LogP contribution < -0.4 is 0 Å². The number of alkyl halides is 15. The topological polar surface area (TPSA) is 40.5 Å². The van der Waals surface area contributed by atoms with Crippen LogP contribution >= 0.6 is 0 Å². The van der Waals surface area contributed by atoms with Crippen molar-refractivity contribution < 1.29 is 76.1 Å². The van der Waals surface area contributed by atoms with Crippen molar-refractivity contribution in [3.63, 3.8) is 0 Å². The molecule has 0 spiro atoms. The molecule has 0 aliphatic heterocycles. The van der Waals surface area contributed by atoms with Gasteiger partial charge in [0.05, 0.1) is 12.7 Å². The first-order valence-corrected chi connectivity index (χ1v) is 6.58. The zero-order chi connectivity index (χ0) is 23.2. The number of aliphatic hydroxyl groups excluding tert-OH is 2. The largest absolute Gasteiger partial charge is 0.438 e. The highest BCUT2D eigenvalue weighted by atomic mass is 19.4. The maximum Gasteiger partial charge on any atom is 0.438 e. The summed E-state index contributed by atoms with van der Waals surface area (Å²) in [7, 11) is 0. The molecule has 170 valence electrons. The molecule has 0 fully saturated rings. The van der Waals surface area contributed by atoms with Crippen LogP contribution in [0.2, 0.25) is 0 Å². The second-order valence-corrected chi connectivity index (χ2v) is 5.46. The van der Waals surface area contributed by atoms with Gasteiger partial charge in [0.1, 0.15) is 0 Å². The van der Waals surface area contributed by atoms with Crippen LogP contribution in [0.15, 0.2) is 0 Å². The van der Waals surface area contributed by atoms with Crippen LogP contribution in [0.1, 0.15) is 12.8 Å². The van der Waals surface area contributed by atoms with Crippen LogP contribution in [0.4, 0.5) is 65.9 Å². The Hall–Kier alpha value is -1.13. The molecule has 28 heavy (non-hydrogen) atoms. The van der Waals surface area contributed by atoms with Crippen molar-refractivity contribution in [3.05, 3.63) is 0 Å². The first kappa shape index (κ1) is 26.9. The molecule has 0 aromatic heterocycles. The molecule has 0 bridgehead atoms. The molecule has 0 aromatic carbocycles. The van der Waals surface area contributed by atoms with Crippen LogP contribution in [-0.4, -0.2) is 64.6 Å². The summed E-state index contributed by atoms with van der Waals surface area (Å²) in [4.78, 5) is 0. The molecule has 17 heteroatoms. The van der Waals surface area contributed by atoms with Gasteiger partial charge in [-0.15, -0.1) is 0 Å². The van der Waals surface area contributed by atoms with E-state index < -0.39 is 67.3 Å². The second-order valence-electron chi connectivity index (χ2n) is 5.46. The number of halogens is 15. The van der Waals surface area contributed by atoms with Crippen LogP contribution in [0.5, 0.6) is 0 Å². The van der Waals surface area contributed by atoms with E-state index in [0.717, 1.165) is 0 Å². The van der Waals surface area contributed by atoms with E-state index in [9.17, 15) is 65.9 Å². The Morgan fingerprint density at radius 1 is 0.571 bits per heavy atom.